The number of carbonyl (C=O) groups is 1. The number of aromatic amines is 1. The summed E-state index contributed by atoms with van der Waals surface area (Å²) >= 11 is 0. The first-order valence-electron chi connectivity index (χ1n) is 5.17. The van der Waals surface area contributed by atoms with Gasteiger partial charge in [-0.15, -0.1) is 0 Å². The smallest absolute Gasteiger partial charge is 0.152 e. The zero-order valence-electron chi connectivity index (χ0n) is 8.23. The van der Waals surface area contributed by atoms with Gasteiger partial charge in [-0.1, -0.05) is 6.42 Å². The summed E-state index contributed by atoms with van der Waals surface area (Å²) in [5.74, 6) is 0.519. The monoisotopic (exact) mass is 201 g/mol. The van der Waals surface area contributed by atoms with E-state index in [-0.39, 0.29) is 0 Å². The molecule has 4 nitrogen and oxygen atoms in total. The van der Waals surface area contributed by atoms with Gasteiger partial charge in [-0.25, -0.2) is 9.97 Å². The topological polar surface area (TPSA) is 58.6 Å². The molecule has 1 aliphatic carbocycles. The second kappa shape index (κ2) is 3.15. The summed E-state index contributed by atoms with van der Waals surface area (Å²) in [6.07, 6.45) is 7.75. The predicted molar refractivity (Wildman–Crippen MR) is 55.9 cm³/mol. The Labute approximate surface area is 86.7 Å². The van der Waals surface area contributed by atoms with Crippen molar-refractivity contribution in [1.82, 2.24) is 15.0 Å². The van der Waals surface area contributed by atoms with Crippen LogP contribution in [0, 0.1) is 0 Å². The van der Waals surface area contributed by atoms with Crippen LogP contribution in [0.4, 0.5) is 0 Å². The normalized spacial score (nSPS) is 16.5. The Morgan fingerprint density at radius 2 is 2.27 bits per heavy atom. The first-order valence-corrected chi connectivity index (χ1v) is 5.17. The summed E-state index contributed by atoms with van der Waals surface area (Å²) in [4.78, 5) is 22.3. The molecule has 0 aromatic carbocycles. The van der Waals surface area contributed by atoms with E-state index in [1.165, 1.54) is 19.3 Å². The van der Waals surface area contributed by atoms with Gasteiger partial charge >= 0.3 is 0 Å². The maximum atomic E-state index is 10.9. The molecule has 0 saturated heterocycles. The minimum Gasteiger partial charge on any atom is -0.345 e. The lowest BCUT2D eigenvalue weighted by Crippen LogP contribution is -2.11. The quantitative estimate of drug-likeness (QED) is 0.756. The highest BCUT2D eigenvalue weighted by atomic mass is 16.1. The summed E-state index contributed by atoms with van der Waals surface area (Å²) in [6, 6.07) is 0. The van der Waals surface area contributed by atoms with Crippen LogP contribution in [0.25, 0.3) is 11.0 Å². The van der Waals surface area contributed by atoms with Crippen LogP contribution in [-0.4, -0.2) is 21.2 Å². The largest absolute Gasteiger partial charge is 0.345 e. The molecule has 2 aromatic heterocycles. The standard InChI is InChI=1S/C11H11N3O/c15-5-8-4-12-11-9(8)10(13-6-14-11)7-2-1-3-7/h4-7H,1-3H2,(H,12,13,14). The van der Waals surface area contributed by atoms with Gasteiger partial charge in [-0.05, 0) is 12.8 Å². The molecule has 4 heteroatoms. The summed E-state index contributed by atoms with van der Waals surface area (Å²) in [6.45, 7) is 0. The van der Waals surface area contributed by atoms with Crippen LogP contribution in [0.15, 0.2) is 12.5 Å². The van der Waals surface area contributed by atoms with Crippen molar-refractivity contribution in [2.75, 3.05) is 0 Å². The van der Waals surface area contributed by atoms with E-state index in [0.717, 1.165) is 23.0 Å². The number of hydrogen-bond acceptors (Lipinski definition) is 3. The molecule has 1 fully saturated rings. The molecule has 2 heterocycles. The van der Waals surface area contributed by atoms with Gasteiger partial charge in [0.1, 0.15) is 12.0 Å². The molecule has 1 aliphatic rings. The third-order valence-corrected chi connectivity index (χ3v) is 3.15. The maximum Gasteiger partial charge on any atom is 0.152 e. The van der Waals surface area contributed by atoms with Gasteiger partial charge in [-0.3, -0.25) is 4.79 Å². The van der Waals surface area contributed by atoms with Crippen LogP contribution in [-0.2, 0) is 0 Å². The Morgan fingerprint density at radius 3 is 2.93 bits per heavy atom. The van der Waals surface area contributed by atoms with Crippen molar-refractivity contribution in [1.29, 1.82) is 0 Å². The number of nitrogens with zero attached hydrogens (tertiary/aromatic N) is 2. The Balaban J connectivity index is 2.26. The number of carbonyl (C=O) groups excluding carboxylic acids is 1. The van der Waals surface area contributed by atoms with E-state index in [1.54, 1.807) is 12.5 Å². The van der Waals surface area contributed by atoms with Crippen molar-refractivity contribution in [2.24, 2.45) is 0 Å². The first kappa shape index (κ1) is 8.59. The second-order valence-corrected chi connectivity index (χ2v) is 3.97. The molecule has 0 radical (unpaired) electrons. The van der Waals surface area contributed by atoms with E-state index in [0.29, 0.717) is 11.5 Å². The van der Waals surface area contributed by atoms with Crippen LogP contribution in [0.5, 0.6) is 0 Å². The summed E-state index contributed by atoms with van der Waals surface area (Å²) < 4.78 is 0. The molecule has 3 rings (SSSR count). The van der Waals surface area contributed by atoms with E-state index >= 15 is 0 Å². The van der Waals surface area contributed by atoms with Crippen molar-refractivity contribution in [3.8, 4) is 0 Å². The highest BCUT2D eigenvalue weighted by Gasteiger charge is 2.24. The van der Waals surface area contributed by atoms with Gasteiger partial charge in [0.25, 0.3) is 0 Å². The van der Waals surface area contributed by atoms with Crippen molar-refractivity contribution in [2.45, 2.75) is 25.2 Å². The molecule has 0 aliphatic heterocycles. The lowest BCUT2D eigenvalue weighted by atomic mass is 9.81. The van der Waals surface area contributed by atoms with E-state index < -0.39 is 0 Å². The van der Waals surface area contributed by atoms with Gasteiger partial charge in [0, 0.05) is 17.7 Å². The minimum absolute atomic E-state index is 0.519. The molecule has 0 amide bonds. The third-order valence-electron chi connectivity index (χ3n) is 3.15. The lowest BCUT2D eigenvalue weighted by molar-refractivity contribution is 0.112. The van der Waals surface area contributed by atoms with E-state index in [9.17, 15) is 4.79 Å². The highest BCUT2D eigenvalue weighted by Crippen LogP contribution is 2.38. The summed E-state index contributed by atoms with van der Waals surface area (Å²) in [7, 11) is 0. The van der Waals surface area contributed by atoms with E-state index in [2.05, 4.69) is 15.0 Å². The maximum absolute atomic E-state index is 10.9. The molecular weight excluding hydrogens is 190 g/mol. The minimum atomic E-state index is 0.519. The van der Waals surface area contributed by atoms with Gasteiger partial charge in [0.2, 0.25) is 0 Å². The van der Waals surface area contributed by atoms with Crippen LogP contribution in [0.1, 0.15) is 41.2 Å². The van der Waals surface area contributed by atoms with Gasteiger partial charge in [0.15, 0.2) is 6.29 Å². The molecule has 2 aromatic rings. The Kier molecular flexibility index (Phi) is 1.80. The molecule has 1 N–H and O–H groups in total. The average Bonchev–Trinajstić information content (AvgIpc) is 2.59. The summed E-state index contributed by atoms with van der Waals surface area (Å²) in [5.41, 5.74) is 2.48. The zero-order chi connectivity index (χ0) is 10.3. The fraction of sp³-hybridized carbons (Fsp3) is 0.364. The molecule has 76 valence electrons. The summed E-state index contributed by atoms with van der Waals surface area (Å²) in [5, 5.41) is 0.914. The first-order chi connectivity index (χ1) is 7.40. The molecule has 0 atom stereocenters. The van der Waals surface area contributed by atoms with Crippen LogP contribution in [0.2, 0.25) is 0 Å². The number of aldehydes is 1. The van der Waals surface area contributed by atoms with Crippen molar-refractivity contribution >= 4 is 17.3 Å². The Hall–Kier alpha value is -1.71. The second-order valence-electron chi connectivity index (χ2n) is 3.97. The fourth-order valence-electron chi connectivity index (χ4n) is 2.10. The molecular formula is C11H11N3O. The van der Waals surface area contributed by atoms with Gasteiger partial charge < -0.3 is 4.98 Å². The molecule has 0 bridgehead atoms. The van der Waals surface area contributed by atoms with E-state index in [1.807, 2.05) is 0 Å². The number of rotatable bonds is 2. The molecule has 0 unspecified atom stereocenters. The van der Waals surface area contributed by atoms with Gasteiger partial charge in [0.05, 0.1) is 11.1 Å². The lowest BCUT2D eigenvalue weighted by Gasteiger charge is -2.25. The third kappa shape index (κ3) is 1.17. The number of nitrogens with one attached hydrogen (secondary N) is 1. The highest BCUT2D eigenvalue weighted by molar-refractivity contribution is 5.97. The van der Waals surface area contributed by atoms with Crippen LogP contribution < -0.4 is 0 Å². The van der Waals surface area contributed by atoms with Crippen molar-refractivity contribution < 1.29 is 4.79 Å². The van der Waals surface area contributed by atoms with E-state index in [4.69, 9.17) is 0 Å². The average molecular weight is 201 g/mol. The number of fused-ring (bicyclic) bond motifs is 1. The van der Waals surface area contributed by atoms with Crippen molar-refractivity contribution in [3.05, 3.63) is 23.8 Å². The van der Waals surface area contributed by atoms with Gasteiger partial charge in [-0.2, -0.15) is 0 Å². The number of hydrogen-bond donors (Lipinski definition) is 1. The number of H-pyrrole nitrogens is 1. The van der Waals surface area contributed by atoms with Crippen LogP contribution >= 0.6 is 0 Å². The Bertz CT molecular complexity index is 514. The number of aromatic nitrogens is 3. The van der Waals surface area contributed by atoms with Crippen molar-refractivity contribution in [3.63, 3.8) is 0 Å². The molecule has 15 heavy (non-hydrogen) atoms. The fourth-order valence-corrected chi connectivity index (χ4v) is 2.10. The predicted octanol–water partition coefficient (Wildman–Crippen LogP) is 2.04. The zero-order valence-corrected chi connectivity index (χ0v) is 8.23. The Morgan fingerprint density at radius 1 is 1.40 bits per heavy atom. The molecule has 1 saturated carbocycles. The molecule has 0 spiro atoms. The SMILES string of the molecule is O=Cc1c[nH]c2ncnc(C3CCC3)c12. The van der Waals surface area contributed by atoms with Crippen LogP contribution in [0.3, 0.4) is 0 Å².